The number of hydrogen-bond donors (Lipinski definition) is 2. The van der Waals surface area contributed by atoms with E-state index in [1.165, 1.54) is 30.3 Å². The van der Waals surface area contributed by atoms with E-state index in [0.29, 0.717) is 5.56 Å². The molecule has 2 N–H and O–H groups in total. The van der Waals surface area contributed by atoms with Crippen LogP contribution in [0.25, 0.3) is 12.2 Å². The first-order valence-electron chi connectivity index (χ1n) is 5.10. The van der Waals surface area contributed by atoms with Crippen LogP contribution >= 0.6 is 0 Å². The second kappa shape index (κ2) is 4.70. The molecule has 0 bridgehead atoms. The van der Waals surface area contributed by atoms with Crippen LogP contribution < -0.4 is 0 Å². The molecule has 0 aliphatic heterocycles. The molecule has 0 aliphatic carbocycles. The van der Waals surface area contributed by atoms with Crippen LogP contribution in [0.1, 0.15) is 11.1 Å². The van der Waals surface area contributed by atoms with E-state index in [1.54, 1.807) is 24.3 Å². The SMILES string of the molecule is Oc1cc(O)cc(C=Cc2ccc(F)cc2)c1. The second-order valence-electron chi connectivity index (χ2n) is 3.67. The maximum atomic E-state index is 12.7. The van der Waals surface area contributed by atoms with Crippen molar-refractivity contribution in [1.82, 2.24) is 0 Å². The van der Waals surface area contributed by atoms with Crippen LogP contribution in [-0.4, -0.2) is 10.2 Å². The Labute approximate surface area is 98.3 Å². The minimum absolute atomic E-state index is 0.00348. The summed E-state index contributed by atoms with van der Waals surface area (Å²) in [6.45, 7) is 0. The van der Waals surface area contributed by atoms with Gasteiger partial charge in [0.15, 0.2) is 0 Å². The van der Waals surface area contributed by atoms with Crippen molar-refractivity contribution in [3.05, 3.63) is 59.4 Å². The Morgan fingerprint density at radius 1 is 0.765 bits per heavy atom. The van der Waals surface area contributed by atoms with E-state index in [2.05, 4.69) is 0 Å². The Morgan fingerprint density at radius 2 is 1.29 bits per heavy atom. The molecule has 0 unspecified atom stereocenters. The fourth-order valence-corrected chi connectivity index (χ4v) is 1.48. The fraction of sp³-hybridized carbons (Fsp3) is 0. The van der Waals surface area contributed by atoms with Gasteiger partial charge in [-0.15, -0.1) is 0 Å². The van der Waals surface area contributed by atoms with Crippen LogP contribution in [0.2, 0.25) is 0 Å². The van der Waals surface area contributed by atoms with Crippen molar-refractivity contribution in [3.8, 4) is 11.5 Å². The Hall–Kier alpha value is -2.29. The van der Waals surface area contributed by atoms with Crippen LogP contribution in [0.3, 0.4) is 0 Å². The van der Waals surface area contributed by atoms with E-state index in [4.69, 9.17) is 0 Å². The average Bonchev–Trinajstić information content (AvgIpc) is 2.27. The van der Waals surface area contributed by atoms with Gasteiger partial charge < -0.3 is 10.2 Å². The minimum atomic E-state index is -0.280. The third-order valence-corrected chi connectivity index (χ3v) is 2.26. The molecule has 2 nitrogen and oxygen atoms in total. The highest BCUT2D eigenvalue weighted by Gasteiger charge is 1.96. The predicted molar refractivity (Wildman–Crippen MR) is 65.1 cm³/mol. The zero-order valence-corrected chi connectivity index (χ0v) is 8.97. The van der Waals surface area contributed by atoms with Crippen molar-refractivity contribution >= 4 is 12.2 Å². The molecule has 0 amide bonds. The first-order chi connectivity index (χ1) is 8.13. The zero-order valence-electron chi connectivity index (χ0n) is 8.97. The summed E-state index contributed by atoms with van der Waals surface area (Å²) in [5.41, 5.74) is 1.51. The number of aromatic hydroxyl groups is 2. The van der Waals surface area contributed by atoms with Crippen LogP contribution in [0.5, 0.6) is 11.5 Å². The van der Waals surface area contributed by atoms with Gasteiger partial charge in [0.2, 0.25) is 0 Å². The maximum Gasteiger partial charge on any atom is 0.123 e. The summed E-state index contributed by atoms with van der Waals surface area (Å²) < 4.78 is 12.7. The lowest BCUT2D eigenvalue weighted by atomic mass is 10.1. The molecule has 0 heterocycles. The number of rotatable bonds is 2. The van der Waals surface area contributed by atoms with E-state index >= 15 is 0 Å². The van der Waals surface area contributed by atoms with Crippen molar-refractivity contribution in [2.75, 3.05) is 0 Å². The lowest BCUT2D eigenvalue weighted by molar-refractivity contribution is 0.450. The minimum Gasteiger partial charge on any atom is -0.508 e. The van der Waals surface area contributed by atoms with Gasteiger partial charge in [0.25, 0.3) is 0 Å². The molecule has 0 saturated carbocycles. The molecule has 2 aromatic carbocycles. The summed E-state index contributed by atoms with van der Waals surface area (Å²) in [5, 5.41) is 18.6. The van der Waals surface area contributed by atoms with Gasteiger partial charge in [-0.1, -0.05) is 24.3 Å². The van der Waals surface area contributed by atoms with Crippen molar-refractivity contribution < 1.29 is 14.6 Å². The largest absolute Gasteiger partial charge is 0.508 e. The topological polar surface area (TPSA) is 40.5 Å². The summed E-state index contributed by atoms with van der Waals surface area (Å²) in [7, 11) is 0. The van der Waals surface area contributed by atoms with Crippen LogP contribution in [0.15, 0.2) is 42.5 Å². The van der Waals surface area contributed by atoms with E-state index in [1.807, 2.05) is 0 Å². The van der Waals surface area contributed by atoms with Crippen LogP contribution in [0, 0.1) is 5.82 Å². The molecule has 0 saturated heterocycles. The smallest absolute Gasteiger partial charge is 0.123 e. The number of phenols is 2. The number of halogens is 1. The molecular formula is C14H11FO2. The first kappa shape index (κ1) is 11.2. The number of benzene rings is 2. The van der Waals surface area contributed by atoms with E-state index in [9.17, 15) is 14.6 Å². The summed E-state index contributed by atoms with van der Waals surface area (Å²) >= 11 is 0. The molecule has 2 rings (SSSR count). The van der Waals surface area contributed by atoms with Gasteiger partial charge in [-0.05, 0) is 35.4 Å². The molecule has 0 aliphatic rings. The Balaban J connectivity index is 2.22. The molecule has 0 fully saturated rings. The summed E-state index contributed by atoms with van der Waals surface area (Å²) in [5.74, 6) is -0.273. The summed E-state index contributed by atoms with van der Waals surface area (Å²) in [6, 6.07) is 10.4. The van der Waals surface area contributed by atoms with Gasteiger partial charge in [0, 0.05) is 6.07 Å². The third kappa shape index (κ3) is 3.08. The summed E-state index contributed by atoms with van der Waals surface area (Å²) in [4.78, 5) is 0. The van der Waals surface area contributed by atoms with Gasteiger partial charge in [-0.2, -0.15) is 0 Å². The standard InChI is InChI=1S/C14H11FO2/c15-12-5-3-10(4-6-12)1-2-11-7-13(16)9-14(17)8-11/h1-9,16-17H. The highest BCUT2D eigenvalue weighted by Crippen LogP contribution is 2.21. The van der Waals surface area contributed by atoms with Gasteiger partial charge in [-0.3, -0.25) is 0 Å². The van der Waals surface area contributed by atoms with Gasteiger partial charge in [-0.25, -0.2) is 4.39 Å². The average molecular weight is 230 g/mol. The molecule has 0 radical (unpaired) electrons. The molecule has 2 aromatic rings. The molecule has 0 atom stereocenters. The highest BCUT2D eigenvalue weighted by atomic mass is 19.1. The molecular weight excluding hydrogens is 219 g/mol. The molecule has 0 aromatic heterocycles. The molecule has 86 valence electrons. The van der Waals surface area contributed by atoms with Gasteiger partial charge >= 0.3 is 0 Å². The van der Waals surface area contributed by atoms with E-state index < -0.39 is 0 Å². The van der Waals surface area contributed by atoms with E-state index in [0.717, 1.165) is 5.56 Å². The van der Waals surface area contributed by atoms with Crippen LogP contribution in [0.4, 0.5) is 4.39 Å². The maximum absolute atomic E-state index is 12.7. The normalized spacial score (nSPS) is 10.9. The van der Waals surface area contributed by atoms with E-state index in [-0.39, 0.29) is 17.3 Å². The van der Waals surface area contributed by atoms with Crippen molar-refractivity contribution in [2.24, 2.45) is 0 Å². The van der Waals surface area contributed by atoms with Gasteiger partial charge in [0.1, 0.15) is 17.3 Å². The number of hydrogen-bond acceptors (Lipinski definition) is 2. The monoisotopic (exact) mass is 230 g/mol. The number of phenolic OH excluding ortho intramolecular Hbond substituents is 2. The lowest BCUT2D eigenvalue weighted by Gasteiger charge is -1.98. The molecule has 0 spiro atoms. The predicted octanol–water partition coefficient (Wildman–Crippen LogP) is 3.41. The fourth-order valence-electron chi connectivity index (χ4n) is 1.48. The zero-order chi connectivity index (χ0) is 12.3. The lowest BCUT2D eigenvalue weighted by Crippen LogP contribution is -1.76. The van der Waals surface area contributed by atoms with Crippen LogP contribution in [-0.2, 0) is 0 Å². The van der Waals surface area contributed by atoms with Gasteiger partial charge in [0.05, 0.1) is 0 Å². The highest BCUT2D eigenvalue weighted by molar-refractivity contribution is 5.70. The van der Waals surface area contributed by atoms with Crippen molar-refractivity contribution in [2.45, 2.75) is 0 Å². The van der Waals surface area contributed by atoms with Crippen molar-refractivity contribution in [3.63, 3.8) is 0 Å². The third-order valence-electron chi connectivity index (χ3n) is 2.26. The first-order valence-corrected chi connectivity index (χ1v) is 5.10. The quantitative estimate of drug-likeness (QED) is 0.776. The molecule has 3 heteroatoms. The van der Waals surface area contributed by atoms with Crippen molar-refractivity contribution in [1.29, 1.82) is 0 Å². The summed E-state index contributed by atoms with van der Waals surface area (Å²) in [6.07, 6.45) is 3.50. The Kier molecular flexibility index (Phi) is 3.10. The Bertz CT molecular complexity index is 524. The second-order valence-corrected chi connectivity index (χ2v) is 3.67. The molecule has 17 heavy (non-hydrogen) atoms. The Morgan fingerprint density at radius 3 is 1.88 bits per heavy atom.